The number of ketones is 1. The van der Waals surface area contributed by atoms with Crippen LogP contribution in [0.25, 0.3) is 0 Å². The number of esters is 1. The summed E-state index contributed by atoms with van der Waals surface area (Å²) in [5.41, 5.74) is -2.38. The van der Waals surface area contributed by atoms with Crippen LogP contribution in [0.1, 0.15) is 145 Å². The van der Waals surface area contributed by atoms with E-state index in [0.29, 0.717) is 44.9 Å². The highest BCUT2D eigenvalue weighted by Gasteiger charge is 2.72. The lowest BCUT2D eigenvalue weighted by atomic mass is 9.33. The molecule has 41 nitrogen and oxygen atoms in total. The molecule has 123 heavy (non-hydrogen) atoms. The van der Waals surface area contributed by atoms with Crippen LogP contribution in [-0.2, 0) is 95.0 Å². The summed E-state index contributed by atoms with van der Waals surface area (Å²) >= 11 is 0. The molecule has 6 saturated heterocycles. The molecular weight excluding hydrogens is 1630 g/mol. The first-order chi connectivity index (χ1) is 58.2. The number of carbonyl (C=O) groups excluding carboxylic acids is 5. The molecule has 21 N–H and O–H groups in total. The van der Waals surface area contributed by atoms with Crippen molar-refractivity contribution < 1.29 is 187 Å². The summed E-state index contributed by atoms with van der Waals surface area (Å²) in [5, 5.41) is 204. The van der Waals surface area contributed by atoms with Gasteiger partial charge in [-0.1, -0.05) is 66.5 Å². The van der Waals surface area contributed by atoms with E-state index in [2.05, 4.69) is 70.5 Å². The molecule has 5 aliphatic carbocycles. The first-order valence-corrected chi connectivity index (χ1v) is 43.3. The van der Waals surface area contributed by atoms with Crippen molar-refractivity contribution in [1.82, 2.24) is 16.0 Å². The van der Waals surface area contributed by atoms with Crippen molar-refractivity contribution in [2.24, 2.45) is 50.2 Å². The van der Waals surface area contributed by atoms with Crippen LogP contribution in [0.3, 0.4) is 0 Å². The SMILES string of the molecule is C[C@@H]1O[C@@H](O[C@H]2[C@H](OC(=O)[C@]34CCC(C)(C)C[C@H]3C3=CC[C@@H]5[C@@]6(C)CCC(=O)C(C)(C)[C@@H]6CC[C@@]5(C)[C@]3(C)C[C@H]4O)O[C@H](CO)[C@H](NC(=O)CCCCCNC(=O)COCCOCCOCC(=O)NCCCO[C@@H]3O[C@H](CO)[C@@H](O[C@@H]4O[C@H](CO)[C@H](O[C@H]5O[C@H](CO)[C@H](O)[C@H](O)[C@H]5O)[C@H](O)[C@H]4O)[C@H](O)[C@H]3O)[C@@H]2O)[C@H](O)[C@H](O)[C@H]1O[C@@H]1OC[C@@H](O)[C@H](O)[C@H]1O. The van der Waals surface area contributed by atoms with Crippen molar-refractivity contribution in [2.75, 3.05) is 92.4 Å². The number of aliphatic hydroxyl groups is 18. The van der Waals surface area contributed by atoms with Gasteiger partial charge in [0.15, 0.2) is 37.6 Å². The van der Waals surface area contributed by atoms with Gasteiger partial charge in [-0.3, -0.25) is 24.0 Å². The third-order valence-corrected chi connectivity index (χ3v) is 28.6. The largest absolute Gasteiger partial charge is 0.432 e. The fourth-order valence-electron chi connectivity index (χ4n) is 21.3. The summed E-state index contributed by atoms with van der Waals surface area (Å²) in [5.74, 6) is -2.28. The predicted octanol–water partition coefficient (Wildman–Crippen LogP) is -6.19. The van der Waals surface area contributed by atoms with Crippen molar-refractivity contribution in [3.05, 3.63) is 11.6 Å². The Bertz CT molecular complexity index is 3490. The van der Waals surface area contributed by atoms with Crippen molar-refractivity contribution in [3.63, 3.8) is 0 Å². The Hall–Kier alpha value is -3.99. The summed E-state index contributed by atoms with van der Waals surface area (Å²) in [6.45, 7) is 12.8. The zero-order chi connectivity index (χ0) is 89.8. The number of ether oxygens (including phenoxy) is 15. The van der Waals surface area contributed by atoms with Crippen LogP contribution in [0.2, 0.25) is 0 Å². The third-order valence-electron chi connectivity index (χ3n) is 28.6. The second-order valence-corrected chi connectivity index (χ2v) is 37.2. The van der Waals surface area contributed by atoms with Crippen LogP contribution in [0, 0.1) is 50.2 Å². The molecule has 6 aliphatic heterocycles. The molecule has 11 aliphatic rings. The highest BCUT2D eigenvalue weighted by Crippen LogP contribution is 2.76. The zero-order valence-electron chi connectivity index (χ0n) is 71.1. The lowest BCUT2D eigenvalue weighted by molar-refractivity contribution is -0.379. The van der Waals surface area contributed by atoms with Crippen LogP contribution in [0.4, 0.5) is 0 Å². The molecule has 0 unspecified atom stereocenters. The number of amides is 3. The van der Waals surface area contributed by atoms with E-state index in [-0.39, 0.29) is 119 Å². The second-order valence-electron chi connectivity index (χ2n) is 37.2. The molecule has 0 aromatic heterocycles. The lowest BCUT2D eigenvalue weighted by Gasteiger charge is -2.71. The molecule has 0 radical (unpaired) electrons. The molecule has 3 amide bonds. The average Bonchev–Trinajstić information content (AvgIpc) is 0.670. The van der Waals surface area contributed by atoms with E-state index >= 15 is 4.79 Å². The minimum Gasteiger partial charge on any atom is -0.432 e. The quantitative estimate of drug-likeness (QED) is 0.0158. The van der Waals surface area contributed by atoms with Gasteiger partial charge in [0, 0.05) is 31.3 Å². The van der Waals surface area contributed by atoms with Crippen molar-refractivity contribution in [1.29, 1.82) is 0 Å². The van der Waals surface area contributed by atoms with Crippen LogP contribution in [0.15, 0.2) is 11.6 Å². The number of hydrogen-bond donors (Lipinski definition) is 21. The number of Topliss-reactive ketones (excluding diaryl/α,β-unsaturated/α-hetero) is 1. The smallest absolute Gasteiger partial charge is 0.317 e. The summed E-state index contributed by atoms with van der Waals surface area (Å²) in [4.78, 5) is 68.3. The number of hydrogen-bond acceptors (Lipinski definition) is 38. The van der Waals surface area contributed by atoms with Crippen LogP contribution >= 0.6 is 0 Å². The molecule has 37 atom stereocenters. The number of fused-ring (bicyclic) bond motifs is 7. The lowest BCUT2D eigenvalue weighted by Crippen LogP contribution is -2.69. The van der Waals surface area contributed by atoms with Gasteiger partial charge >= 0.3 is 5.97 Å². The van der Waals surface area contributed by atoms with E-state index in [1.54, 1.807) is 0 Å². The molecule has 0 aromatic carbocycles. The Kier molecular flexibility index (Phi) is 34.0. The van der Waals surface area contributed by atoms with Gasteiger partial charge < -0.3 is 179 Å². The number of unbranched alkanes of at least 4 members (excludes halogenated alkanes) is 2. The summed E-state index contributed by atoms with van der Waals surface area (Å²) in [7, 11) is 0. The van der Waals surface area contributed by atoms with Crippen LogP contribution < -0.4 is 16.0 Å². The highest BCUT2D eigenvalue weighted by molar-refractivity contribution is 5.85. The Morgan fingerprint density at radius 3 is 1.63 bits per heavy atom. The zero-order valence-corrected chi connectivity index (χ0v) is 71.1. The minimum absolute atomic E-state index is 0.0261. The van der Waals surface area contributed by atoms with Gasteiger partial charge in [-0.15, -0.1) is 0 Å². The molecule has 4 saturated carbocycles. The maximum atomic E-state index is 15.8. The maximum absolute atomic E-state index is 15.8. The standard InChI is InChI=1S/C82H135N3O38/c1-38-66(119-71-61(103)54(96)41(90)35-113-71)58(100)64(106)72(114-38)122-69-56(98)53(42(31-86)115-75(69)123-76(108)82-21-20-77(2,3)29-40(82)39-14-15-47-79(6)18-17-48(91)78(4,5)46(79)16-19-80(47,7)81(39,8)30-49(82)92)85-50(93)13-10-9-11-22-83-51(94)36-110-27-25-109-26-28-111-37-52(95)84-23-12-24-112-70-63(105)59(101)67(44(33-88)117-70)121-74-65(107)60(102)68(45(34-89)118-74)120-73-62(104)57(99)55(97)43(32-87)116-73/h14,38,40-47,49,53-75,86-90,92,96-107H,9-13,15-37H2,1-8H3,(H,83,94)(H,84,95)(H,85,93)/t38-,40-,41+,42+,43+,44+,45+,46-,47+,49+,53-,54-,55-,56-,57-,58-,59+,60+,61+,62+,63+,64+,65+,66-,67+,68-,69+,70+,71-,72-,73+,74-,75-,79-,80+,81+,82+/m0/s1. The molecule has 0 spiro atoms. The first-order valence-electron chi connectivity index (χ1n) is 43.3. The van der Waals surface area contributed by atoms with Crippen LogP contribution in [0.5, 0.6) is 0 Å². The van der Waals surface area contributed by atoms with Gasteiger partial charge in [-0.25, -0.2) is 0 Å². The Morgan fingerprint density at radius 2 is 1.02 bits per heavy atom. The third kappa shape index (κ3) is 21.0. The second kappa shape index (κ2) is 42.1. The number of nitrogens with one attached hydrogen (secondary N) is 3. The van der Waals surface area contributed by atoms with Gasteiger partial charge in [-0.05, 0) is 117 Å². The summed E-state index contributed by atoms with van der Waals surface area (Å²) in [6.07, 6.45) is -40.5. The molecule has 11 rings (SSSR count). The monoisotopic (exact) mass is 1770 g/mol. The summed E-state index contributed by atoms with van der Waals surface area (Å²) in [6, 6.07) is -1.46. The molecule has 6 heterocycles. The Labute approximate surface area is 713 Å². The molecule has 0 aromatic rings. The van der Waals surface area contributed by atoms with E-state index in [0.717, 1.165) is 24.8 Å². The van der Waals surface area contributed by atoms with Crippen LogP contribution in [-0.4, -0.2) is 398 Å². The normalized spacial score (nSPS) is 44.7. The maximum Gasteiger partial charge on any atom is 0.317 e. The van der Waals surface area contributed by atoms with E-state index in [9.17, 15) is 111 Å². The Balaban J connectivity index is 0.592. The molecule has 0 bridgehead atoms. The van der Waals surface area contributed by atoms with Crippen molar-refractivity contribution in [3.8, 4) is 0 Å². The van der Waals surface area contributed by atoms with E-state index in [1.807, 2.05) is 0 Å². The van der Waals surface area contributed by atoms with Gasteiger partial charge in [0.2, 0.25) is 24.0 Å². The molecule has 41 heteroatoms. The molecule has 706 valence electrons. The molecular formula is C82H135N3O38. The number of carbonyl (C=O) groups is 5. The fraction of sp³-hybridized carbons (Fsp3) is 0.915. The van der Waals surface area contributed by atoms with E-state index in [1.165, 1.54) is 6.92 Å². The van der Waals surface area contributed by atoms with Gasteiger partial charge in [-0.2, -0.15) is 0 Å². The fourth-order valence-corrected chi connectivity index (χ4v) is 21.3. The molecule has 10 fully saturated rings. The predicted molar refractivity (Wildman–Crippen MR) is 416 cm³/mol. The van der Waals surface area contributed by atoms with E-state index < -0.39 is 263 Å². The topological polar surface area (TPSA) is 624 Å². The van der Waals surface area contributed by atoms with Gasteiger partial charge in [0.25, 0.3) is 0 Å². The number of allylic oxidation sites excluding steroid dienone is 2. The number of aliphatic hydroxyl groups excluding tert-OH is 18. The first kappa shape index (κ1) is 99.6. The Morgan fingerprint density at radius 1 is 0.488 bits per heavy atom. The minimum atomic E-state index is -2.01. The average molecular weight is 1770 g/mol. The van der Waals surface area contributed by atoms with E-state index in [4.69, 9.17) is 71.1 Å². The van der Waals surface area contributed by atoms with Crippen molar-refractivity contribution >= 4 is 29.5 Å². The van der Waals surface area contributed by atoms with Crippen molar-refractivity contribution in [2.45, 2.75) is 329 Å². The number of rotatable bonds is 36. The van der Waals surface area contributed by atoms with Gasteiger partial charge in [0.05, 0.1) is 84.3 Å². The highest BCUT2D eigenvalue weighted by atomic mass is 16.8. The van der Waals surface area contributed by atoms with Gasteiger partial charge in [0.1, 0.15) is 146 Å². The summed E-state index contributed by atoms with van der Waals surface area (Å²) < 4.78 is 86.3.